The first-order chi connectivity index (χ1) is 7.00. The molecule has 0 radical (unpaired) electrons. The molecule has 0 amide bonds. The van der Waals surface area contributed by atoms with E-state index in [1.165, 1.54) is 12.1 Å². The minimum atomic E-state index is -1.28. The number of nitrogen functional groups attached to an aromatic ring is 1. The molecule has 0 aliphatic carbocycles. The molecule has 0 aliphatic rings. The van der Waals surface area contributed by atoms with E-state index in [1.54, 1.807) is 0 Å². The van der Waals surface area contributed by atoms with Crippen molar-refractivity contribution in [2.24, 2.45) is 0 Å². The number of hydrogen-bond donors (Lipinski definition) is 2. The Balaban J connectivity index is 2.74. The number of rotatable bonds is 3. The number of carbonyl (C=O) groups is 2. The Morgan fingerprint density at radius 1 is 1.47 bits per heavy atom. The van der Waals surface area contributed by atoms with Crippen LogP contribution in [0.3, 0.4) is 0 Å². The second kappa shape index (κ2) is 4.41. The van der Waals surface area contributed by atoms with Gasteiger partial charge in [-0.15, -0.1) is 0 Å². The van der Waals surface area contributed by atoms with Crippen molar-refractivity contribution in [3.63, 3.8) is 0 Å². The topological polar surface area (TPSA) is 89.6 Å². The van der Waals surface area contributed by atoms with Gasteiger partial charge in [0, 0.05) is 0 Å². The third kappa shape index (κ3) is 2.94. The van der Waals surface area contributed by atoms with Gasteiger partial charge < -0.3 is 15.6 Å². The van der Waals surface area contributed by atoms with Crippen LogP contribution in [-0.4, -0.2) is 23.7 Å². The summed E-state index contributed by atoms with van der Waals surface area (Å²) in [7, 11) is 0. The van der Waals surface area contributed by atoms with Crippen LogP contribution in [0.2, 0.25) is 0 Å². The molecule has 1 aromatic carbocycles. The van der Waals surface area contributed by atoms with E-state index in [0.717, 1.165) is 6.07 Å². The fourth-order valence-corrected chi connectivity index (χ4v) is 0.865. The van der Waals surface area contributed by atoms with E-state index in [9.17, 15) is 14.0 Å². The summed E-state index contributed by atoms with van der Waals surface area (Å²) in [5.41, 5.74) is 5.02. The van der Waals surface area contributed by atoms with Gasteiger partial charge in [0.15, 0.2) is 6.61 Å². The highest BCUT2D eigenvalue weighted by Crippen LogP contribution is 2.12. The molecule has 0 aliphatic heterocycles. The maximum absolute atomic E-state index is 12.9. The first-order valence-corrected chi connectivity index (χ1v) is 3.94. The Morgan fingerprint density at radius 3 is 2.67 bits per heavy atom. The van der Waals surface area contributed by atoms with Gasteiger partial charge >= 0.3 is 11.9 Å². The molecule has 15 heavy (non-hydrogen) atoms. The number of benzene rings is 1. The summed E-state index contributed by atoms with van der Waals surface area (Å²) in [5, 5.41) is 8.24. The quantitative estimate of drug-likeness (QED) is 0.568. The SMILES string of the molecule is Nc1ccc(C(=O)OCC(=O)O)cc1F. The Bertz CT molecular complexity index is 405. The summed E-state index contributed by atoms with van der Waals surface area (Å²) in [5.74, 6) is -2.93. The predicted molar refractivity (Wildman–Crippen MR) is 48.7 cm³/mol. The van der Waals surface area contributed by atoms with E-state index in [-0.39, 0.29) is 11.3 Å². The van der Waals surface area contributed by atoms with Crippen LogP contribution < -0.4 is 5.73 Å². The minimum Gasteiger partial charge on any atom is -0.479 e. The first kappa shape index (κ1) is 11.0. The number of carboxylic acid groups (broad SMARTS) is 1. The number of ether oxygens (including phenoxy) is 1. The van der Waals surface area contributed by atoms with Gasteiger partial charge in [-0.2, -0.15) is 0 Å². The molecule has 6 heteroatoms. The smallest absolute Gasteiger partial charge is 0.341 e. The monoisotopic (exact) mass is 213 g/mol. The molecule has 0 atom stereocenters. The normalized spacial score (nSPS) is 9.67. The summed E-state index contributed by atoms with van der Waals surface area (Å²) >= 11 is 0. The molecule has 0 spiro atoms. The van der Waals surface area contributed by atoms with Gasteiger partial charge in [-0.3, -0.25) is 0 Å². The number of esters is 1. The van der Waals surface area contributed by atoms with E-state index < -0.39 is 24.4 Å². The molecule has 0 unspecified atom stereocenters. The molecular weight excluding hydrogens is 205 g/mol. The van der Waals surface area contributed by atoms with Gasteiger partial charge in [0.2, 0.25) is 0 Å². The number of carboxylic acids is 1. The Labute approximate surface area is 84.3 Å². The van der Waals surface area contributed by atoms with Crippen LogP contribution in [0.1, 0.15) is 10.4 Å². The van der Waals surface area contributed by atoms with E-state index in [4.69, 9.17) is 10.8 Å². The van der Waals surface area contributed by atoms with E-state index >= 15 is 0 Å². The number of aliphatic carboxylic acids is 1. The number of nitrogens with two attached hydrogens (primary N) is 1. The highest BCUT2D eigenvalue weighted by molar-refractivity contribution is 5.91. The number of anilines is 1. The van der Waals surface area contributed by atoms with Crippen molar-refractivity contribution < 1.29 is 23.8 Å². The van der Waals surface area contributed by atoms with Crippen molar-refractivity contribution in [1.82, 2.24) is 0 Å². The zero-order chi connectivity index (χ0) is 11.4. The maximum Gasteiger partial charge on any atom is 0.341 e. The second-order valence-corrected chi connectivity index (χ2v) is 2.71. The number of carbonyl (C=O) groups excluding carboxylic acids is 1. The molecule has 5 nitrogen and oxygen atoms in total. The van der Waals surface area contributed by atoms with Crippen LogP contribution in [0.5, 0.6) is 0 Å². The number of hydrogen-bond acceptors (Lipinski definition) is 4. The number of halogens is 1. The van der Waals surface area contributed by atoms with Gasteiger partial charge in [0.1, 0.15) is 5.82 Å². The standard InChI is InChI=1S/C9H8FNO4/c10-6-3-5(1-2-7(6)11)9(14)15-4-8(12)13/h1-3H,4,11H2,(H,12,13). The van der Waals surface area contributed by atoms with Crippen LogP contribution in [0, 0.1) is 5.82 Å². The average molecular weight is 213 g/mol. The van der Waals surface area contributed by atoms with Crippen molar-refractivity contribution in [1.29, 1.82) is 0 Å². The Hall–Kier alpha value is -2.11. The lowest BCUT2D eigenvalue weighted by Gasteiger charge is -2.02. The summed E-state index contributed by atoms with van der Waals surface area (Å²) < 4.78 is 17.2. The zero-order valence-corrected chi connectivity index (χ0v) is 7.57. The molecule has 80 valence electrons. The third-order valence-electron chi connectivity index (χ3n) is 1.56. The average Bonchev–Trinajstić information content (AvgIpc) is 2.18. The van der Waals surface area contributed by atoms with Crippen LogP contribution in [0.25, 0.3) is 0 Å². The van der Waals surface area contributed by atoms with E-state index in [0.29, 0.717) is 0 Å². The summed E-state index contributed by atoms with van der Waals surface area (Å²) in [6.07, 6.45) is 0. The predicted octanol–water partition coefficient (Wildman–Crippen LogP) is 0.649. The van der Waals surface area contributed by atoms with Crippen molar-refractivity contribution in [3.05, 3.63) is 29.6 Å². The molecule has 3 N–H and O–H groups in total. The molecule has 0 fully saturated rings. The molecular formula is C9H8FNO4. The highest BCUT2D eigenvalue weighted by Gasteiger charge is 2.11. The zero-order valence-electron chi connectivity index (χ0n) is 7.57. The summed E-state index contributed by atoms with van der Waals surface area (Å²) in [6.45, 7) is -0.759. The highest BCUT2D eigenvalue weighted by atomic mass is 19.1. The van der Waals surface area contributed by atoms with Crippen molar-refractivity contribution in [3.8, 4) is 0 Å². The van der Waals surface area contributed by atoms with Crippen LogP contribution >= 0.6 is 0 Å². The molecule has 0 saturated carbocycles. The van der Waals surface area contributed by atoms with E-state index in [2.05, 4.69) is 4.74 Å². The summed E-state index contributed by atoms with van der Waals surface area (Å²) in [6, 6.07) is 3.34. The van der Waals surface area contributed by atoms with Crippen molar-refractivity contribution >= 4 is 17.6 Å². The third-order valence-corrected chi connectivity index (χ3v) is 1.56. The lowest BCUT2D eigenvalue weighted by molar-refractivity contribution is -0.140. The van der Waals surface area contributed by atoms with Crippen molar-refractivity contribution in [2.45, 2.75) is 0 Å². The van der Waals surface area contributed by atoms with Crippen LogP contribution in [0.15, 0.2) is 18.2 Å². The van der Waals surface area contributed by atoms with Crippen LogP contribution in [0.4, 0.5) is 10.1 Å². The minimum absolute atomic E-state index is 0.0806. The largest absolute Gasteiger partial charge is 0.479 e. The van der Waals surface area contributed by atoms with Gasteiger partial charge in [-0.1, -0.05) is 0 Å². The fourth-order valence-electron chi connectivity index (χ4n) is 0.865. The van der Waals surface area contributed by atoms with Gasteiger partial charge in [-0.25, -0.2) is 14.0 Å². The molecule has 0 aromatic heterocycles. The lowest BCUT2D eigenvalue weighted by Crippen LogP contribution is -2.13. The van der Waals surface area contributed by atoms with E-state index in [1.807, 2.05) is 0 Å². The van der Waals surface area contributed by atoms with Gasteiger partial charge in [0.05, 0.1) is 11.3 Å². The second-order valence-electron chi connectivity index (χ2n) is 2.71. The summed E-state index contributed by atoms with van der Waals surface area (Å²) in [4.78, 5) is 21.2. The fraction of sp³-hybridized carbons (Fsp3) is 0.111. The van der Waals surface area contributed by atoms with Crippen molar-refractivity contribution in [2.75, 3.05) is 12.3 Å². The molecule has 0 saturated heterocycles. The first-order valence-electron chi connectivity index (χ1n) is 3.94. The Morgan fingerprint density at radius 2 is 2.13 bits per heavy atom. The molecule has 1 rings (SSSR count). The maximum atomic E-state index is 12.9. The van der Waals surface area contributed by atoms with Gasteiger partial charge in [-0.05, 0) is 18.2 Å². The van der Waals surface area contributed by atoms with Crippen LogP contribution in [-0.2, 0) is 9.53 Å². The molecule has 0 bridgehead atoms. The molecule has 0 heterocycles. The van der Waals surface area contributed by atoms with Gasteiger partial charge in [0.25, 0.3) is 0 Å². The lowest BCUT2D eigenvalue weighted by atomic mass is 10.2. The molecule has 1 aromatic rings. The Kier molecular flexibility index (Phi) is 3.22.